The molecule has 8 nitrogen and oxygen atoms in total. The molecule has 10 heteroatoms. The number of nitrogens with two attached hydrogens (primary N) is 1. The van der Waals surface area contributed by atoms with Crippen LogP contribution in [0.25, 0.3) is 0 Å². The van der Waals surface area contributed by atoms with Gasteiger partial charge in [0.05, 0.1) is 24.3 Å². The Kier molecular flexibility index (Phi) is 6.20. The van der Waals surface area contributed by atoms with Gasteiger partial charge < -0.3 is 15.8 Å². The van der Waals surface area contributed by atoms with Gasteiger partial charge in [-0.25, -0.2) is 12.7 Å². The number of fused-ring (bicyclic) bond motifs is 1. The van der Waals surface area contributed by atoms with Crippen molar-refractivity contribution in [2.45, 2.75) is 30.2 Å². The van der Waals surface area contributed by atoms with Crippen LogP contribution < -0.4 is 11.1 Å². The Morgan fingerprint density at radius 2 is 2.07 bits per heavy atom. The van der Waals surface area contributed by atoms with Crippen LogP contribution in [0.1, 0.15) is 40.5 Å². The summed E-state index contributed by atoms with van der Waals surface area (Å²) in [6.07, 6.45) is 2.02. The summed E-state index contributed by atoms with van der Waals surface area (Å²) in [5.74, 6) is -0.667. The first kappa shape index (κ1) is 21.6. The summed E-state index contributed by atoms with van der Waals surface area (Å²) in [5.41, 5.74) is 5.56. The van der Waals surface area contributed by atoms with Crippen molar-refractivity contribution < 1.29 is 22.7 Å². The molecule has 3 rings (SSSR count). The number of ether oxygens (including phenoxy) is 1. The highest BCUT2D eigenvalue weighted by molar-refractivity contribution is 7.90. The molecular formula is C17H24ClN3O5S. The molecule has 2 amide bonds. The Hall–Kier alpha value is -1.68. The largest absolute Gasteiger partial charge is 0.383 e. The molecule has 1 unspecified atom stereocenters. The molecule has 0 radical (unpaired) electrons. The third-order valence-corrected chi connectivity index (χ3v) is 6.89. The van der Waals surface area contributed by atoms with Gasteiger partial charge in [-0.05, 0) is 43.9 Å². The molecule has 0 bridgehead atoms. The van der Waals surface area contributed by atoms with Gasteiger partial charge in [-0.3, -0.25) is 9.59 Å². The summed E-state index contributed by atoms with van der Waals surface area (Å²) >= 11 is 0. The SMILES string of the molecule is COCCN1C(=O)c2ccc(C(=O)NC(C)(CN)C3CC3)cc2S1(=O)=O.Cl. The average Bonchev–Trinajstić information content (AvgIpc) is 3.44. The minimum atomic E-state index is -3.98. The van der Waals surface area contributed by atoms with E-state index >= 15 is 0 Å². The molecule has 1 aromatic carbocycles. The number of carbonyl (C=O) groups is 2. The fourth-order valence-corrected chi connectivity index (χ4v) is 4.76. The summed E-state index contributed by atoms with van der Waals surface area (Å²) in [7, 11) is -2.55. The molecule has 1 aliphatic carbocycles. The van der Waals surface area contributed by atoms with E-state index in [2.05, 4.69) is 5.32 Å². The first-order valence-electron chi connectivity index (χ1n) is 8.47. The molecular weight excluding hydrogens is 394 g/mol. The van der Waals surface area contributed by atoms with Gasteiger partial charge in [-0.1, -0.05) is 0 Å². The number of hydrogen-bond donors (Lipinski definition) is 2. The van der Waals surface area contributed by atoms with E-state index in [4.69, 9.17) is 10.5 Å². The molecule has 1 heterocycles. The van der Waals surface area contributed by atoms with Gasteiger partial charge in [0.1, 0.15) is 4.90 Å². The van der Waals surface area contributed by atoms with Crippen LogP contribution in [0.5, 0.6) is 0 Å². The summed E-state index contributed by atoms with van der Waals surface area (Å²) in [6.45, 7) is 2.22. The second kappa shape index (κ2) is 7.75. The number of nitrogens with zero attached hydrogens (tertiary/aromatic N) is 1. The van der Waals surface area contributed by atoms with Gasteiger partial charge in [0.15, 0.2) is 0 Å². The van der Waals surface area contributed by atoms with E-state index < -0.39 is 27.4 Å². The van der Waals surface area contributed by atoms with E-state index in [-0.39, 0.29) is 41.6 Å². The lowest BCUT2D eigenvalue weighted by atomic mass is 9.95. The summed E-state index contributed by atoms with van der Waals surface area (Å²) in [5, 5.41) is 2.92. The number of amides is 2. The highest BCUT2D eigenvalue weighted by Gasteiger charge is 2.43. The van der Waals surface area contributed by atoms with Crippen LogP contribution in [0.3, 0.4) is 0 Å². The van der Waals surface area contributed by atoms with Crippen LogP contribution in [0.15, 0.2) is 23.1 Å². The molecule has 2 aliphatic rings. The van der Waals surface area contributed by atoms with Crippen LogP contribution in [-0.4, -0.2) is 56.9 Å². The summed E-state index contributed by atoms with van der Waals surface area (Å²) in [6, 6.07) is 4.10. The van der Waals surface area contributed by atoms with Gasteiger partial charge in [-0.15, -0.1) is 12.4 Å². The lowest BCUT2D eigenvalue weighted by molar-refractivity contribution is 0.0834. The first-order valence-corrected chi connectivity index (χ1v) is 9.91. The van der Waals surface area contributed by atoms with Gasteiger partial charge >= 0.3 is 0 Å². The van der Waals surface area contributed by atoms with Crippen molar-refractivity contribution in [2.75, 3.05) is 26.8 Å². The predicted octanol–water partition coefficient (Wildman–Crippen LogP) is 0.756. The maximum absolute atomic E-state index is 12.6. The Labute approximate surface area is 164 Å². The molecule has 1 atom stereocenters. The summed E-state index contributed by atoms with van der Waals surface area (Å²) in [4.78, 5) is 24.8. The number of halogens is 1. The van der Waals surface area contributed by atoms with Crippen molar-refractivity contribution >= 4 is 34.2 Å². The molecule has 0 spiro atoms. The van der Waals surface area contributed by atoms with Crippen molar-refractivity contribution in [1.29, 1.82) is 0 Å². The van der Waals surface area contributed by atoms with Crippen LogP contribution in [0.2, 0.25) is 0 Å². The normalized spacial score (nSPS) is 19.8. The van der Waals surface area contributed by atoms with E-state index in [0.29, 0.717) is 12.5 Å². The zero-order valence-corrected chi connectivity index (χ0v) is 16.9. The molecule has 1 aliphatic heterocycles. The fourth-order valence-electron chi connectivity index (χ4n) is 3.18. The minimum Gasteiger partial charge on any atom is -0.383 e. The fraction of sp³-hybridized carbons (Fsp3) is 0.529. The van der Waals surface area contributed by atoms with Crippen LogP contribution in [-0.2, 0) is 14.8 Å². The average molecular weight is 418 g/mol. The Morgan fingerprint density at radius 3 is 2.63 bits per heavy atom. The zero-order chi connectivity index (χ0) is 19.1. The van der Waals surface area contributed by atoms with E-state index in [9.17, 15) is 18.0 Å². The summed E-state index contributed by atoms with van der Waals surface area (Å²) < 4.78 is 30.9. The van der Waals surface area contributed by atoms with Crippen molar-refractivity contribution in [1.82, 2.24) is 9.62 Å². The van der Waals surface area contributed by atoms with Gasteiger partial charge in [0.25, 0.3) is 21.8 Å². The van der Waals surface area contributed by atoms with Crippen molar-refractivity contribution in [2.24, 2.45) is 11.7 Å². The predicted molar refractivity (Wildman–Crippen MR) is 101 cm³/mol. The maximum Gasteiger partial charge on any atom is 0.269 e. The van der Waals surface area contributed by atoms with Crippen LogP contribution in [0, 0.1) is 5.92 Å². The Morgan fingerprint density at radius 1 is 1.41 bits per heavy atom. The highest BCUT2D eigenvalue weighted by atomic mass is 35.5. The van der Waals surface area contributed by atoms with Gasteiger partial charge in [0.2, 0.25) is 0 Å². The molecule has 1 saturated carbocycles. The monoisotopic (exact) mass is 417 g/mol. The van der Waals surface area contributed by atoms with E-state index in [1.54, 1.807) is 0 Å². The number of sulfonamides is 1. The third-order valence-electron chi connectivity index (χ3n) is 5.07. The number of benzene rings is 1. The quantitative estimate of drug-likeness (QED) is 0.675. The molecule has 1 fully saturated rings. The molecule has 1 aromatic rings. The molecule has 0 aromatic heterocycles. The van der Waals surface area contributed by atoms with E-state index in [0.717, 1.165) is 17.1 Å². The third kappa shape index (κ3) is 3.82. The van der Waals surface area contributed by atoms with Crippen LogP contribution in [0.4, 0.5) is 0 Å². The second-order valence-corrected chi connectivity index (χ2v) is 8.77. The smallest absolute Gasteiger partial charge is 0.269 e. The lowest BCUT2D eigenvalue weighted by Crippen LogP contribution is -2.53. The topological polar surface area (TPSA) is 119 Å². The number of carbonyl (C=O) groups excluding carboxylic acids is 2. The van der Waals surface area contributed by atoms with Crippen molar-refractivity contribution in [3.63, 3.8) is 0 Å². The van der Waals surface area contributed by atoms with Crippen molar-refractivity contribution in [3.8, 4) is 0 Å². The van der Waals surface area contributed by atoms with E-state index in [1.165, 1.54) is 25.3 Å². The number of hydrogen-bond acceptors (Lipinski definition) is 6. The Balaban J connectivity index is 0.00000261. The highest BCUT2D eigenvalue weighted by Crippen LogP contribution is 2.39. The molecule has 3 N–H and O–H groups in total. The maximum atomic E-state index is 12.6. The molecule has 150 valence electrons. The van der Waals surface area contributed by atoms with Crippen LogP contribution >= 0.6 is 12.4 Å². The number of methoxy groups -OCH3 is 1. The standard InChI is InChI=1S/C17H23N3O5S.ClH/c1-17(10-18,12-4-5-12)19-15(21)11-3-6-13-14(9-11)26(23,24)20(16(13)22)7-8-25-2;/h3,6,9,12H,4-5,7-8,10,18H2,1-2H3,(H,19,21);1H. The van der Waals surface area contributed by atoms with Crippen molar-refractivity contribution in [3.05, 3.63) is 29.3 Å². The van der Waals surface area contributed by atoms with Gasteiger partial charge in [-0.2, -0.15) is 0 Å². The lowest BCUT2D eigenvalue weighted by Gasteiger charge is -2.29. The molecule has 27 heavy (non-hydrogen) atoms. The number of rotatable bonds is 7. The first-order chi connectivity index (χ1) is 12.2. The minimum absolute atomic E-state index is 0. The number of nitrogens with one attached hydrogen (secondary N) is 1. The van der Waals surface area contributed by atoms with E-state index in [1.807, 2.05) is 6.92 Å². The zero-order valence-electron chi connectivity index (χ0n) is 15.2. The molecule has 0 saturated heterocycles. The Bertz CT molecular complexity index is 856. The van der Waals surface area contributed by atoms with Gasteiger partial charge in [0, 0.05) is 19.2 Å². The second-order valence-electron chi connectivity index (χ2n) is 6.94.